The van der Waals surface area contributed by atoms with Crippen LogP contribution in [-0.2, 0) is 11.3 Å². The lowest BCUT2D eigenvalue weighted by molar-refractivity contribution is 0.0135. The van der Waals surface area contributed by atoms with Crippen LogP contribution in [0.1, 0.15) is 11.3 Å². The minimum absolute atomic E-state index is 0.134. The van der Waals surface area contributed by atoms with Gasteiger partial charge in [-0.05, 0) is 11.6 Å². The van der Waals surface area contributed by atoms with Crippen LogP contribution in [0.4, 0.5) is 10.7 Å². The molecule has 1 N–H and O–H groups in total. The van der Waals surface area contributed by atoms with Crippen molar-refractivity contribution in [2.45, 2.75) is 12.6 Å². The highest BCUT2D eigenvalue weighted by molar-refractivity contribution is 5.84. The minimum atomic E-state index is -1.10. The summed E-state index contributed by atoms with van der Waals surface area (Å²) in [5.41, 5.74) is 1.44. The fourth-order valence-corrected chi connectivity index (χ4v) is 2.04. The summed E-state index contributed by atoms with van der Waals surface area (Å²) in [7, 11) is 0. The van der Waals surface area contributed by atoms with Crippen molar-refractivity contribution >= 4 is 18.3 Å². The molecule has 1 aromatic carbocycles. The number of hydrogen-bond donors (Lipinski definition) is 1. The maximum atomic E-state index is 11.5. The Bertz CT molecular complexity index is 701. The predicted molar refractivity (Wildman–Crippen MR) is 84.9 cm³/mol. The second kappa shape index (κ2) is 6.97. The standard InChI is InChI=1S/C16H16N4O3/c21-16(22)20(9-12-4-2-1-3-5-12)15-17-7-6-13(19-15)8-18-14-10-23-11-14/h1-8,14H,9-11H2,(H,21,22). The second-order valence-corrected chi connectivity index (χ2v) is 5.11. The number of aliphatic imine (C=N–C) groups is 1. The Morgan fingerprint density at radius 2 is 2.13 bits per heavy atom. The van der Waals surface area contributed by atoms with Gasteiger partial charge in [0.2, 0.25) is 5.95 Å². The summed E-state index contributed by atoms with van der Waals surface area (Å²) < 4.78 is 5.05. The van der Waals surface area contributed by atoms with Crippen molar-refractivity contribution in [3.8, 4) is 0 Å². The van der Waals surface area contributed by atoms with Gasteiger partial charge in [0.1, 0.15) is 0 Å². The first-order chi connectivity index (χ1) is 11.2. The molecule has 0 spiro atoms. The van der Waals surface area contributed by atoms with E-state index in [0.717, 1.165) is 10.5 Å². The van der Waals surface area contributed by atoms with Crippen LogP contribution in [0.25, 0.3) is 0 Å². The van der Waals surface area contributed by atoms with Gasteiger partial charge in [-0.15, -0.1) is 0 Å². The van der Waals surface area contributed by atoms with Crippen LogP contribution in [0.3, 0.4) is 0 Å². The highest BCUT2D eigenvalue weighted by Crippen LogP contribution is 2.13. The van der Waals surface area contributed by atoms with Gasteiger partial charge in [-0.25, -0.2) is 19.7 Å². The Morgan fingerprint density at radius 3 is 2.78 bits per heavy atom. The van der Waals surface area contributed by atoms with Gasteiger partial charge in [0, 0.05) is 12.4 Å². The molecule has 1 amide bonds. The van der Waals surface area contributed by atoms with Gasteiger partial charge in [0.15, 0.2) is 0 Å². The third kappa shape index (κ3) is 3.89. The van der Waals surface area contributed by atoms with E-state index in [9.17, 15) is 9.90 Å². The van der Waals surface area contributed by atoms with Crippen LogP contribution < -0.4 is 4.90 Å². The van der Waals surface area contributed by atoms with E-state index in [1.807, 2.05) is 30.3 Å². The molecule has 0 unspecified atom stereocenters. The first-order valence-electron chi connectivity index (χ1n) is 7.21. The summed E-state index contributed by atoms with van der Waals surface area (Å²) in [6, 6.07) is 11.2. The zero-order valence-corrected chi connectivity index (χ0v) is 12.4. The van der Waals surface area contributed by atoms with Crippen LogP contribution in [0.15, 0.2) is 47.6 Å². The fourth-order valence-electron chi connectivity index (χ4n) is 2.04. The average Bonchev–Trinajstić information content (AvgIpc) is 2.52. The maximum absolute atomic E-state index is 11.5. The molecule has 7 nitrogen and oxygen atoms in total. The molecule has 23 heavy (non-hydrogen) atoms. The summed E-state index contributed by atoms with van der Waals surface area (Å²) >= 11 is 0. The lowest BCUT2D eigenvalue weighted by Crippen LogP contribution is -2.32. The average molecular weight is 312 g/mol. The van der Waals surface area contributed by atoms with Gasteiger partial charge in [-0.2, -0.15) is 0 Å². The van der Waals surface area contributed by atoms with Gasteiger partial charge in [0.25, 0.3) is 0 Å². The molecular weight excluding hydrogens is 296 g/mol. The monoisotopic (exact) mass is 312 g/mol. The SMILES string of the molecule is O=C(O)N(Cc1ccccc1)c1nccc(C=NC2COC2)n1. The van der Waals surface area contributed by atoms with Gasteiger partial charge < -0.3 is 9.84 Å². The molecule has 1 aliphatic rings. The van der Waals surface area contributed by atoms with E-state index in [2.05, 4.69) is 15.0 Å². The smallest absolute Gasteiger partial charge is 0.414 e. The number of ether oxygens (including phenoxy) is 1. The lowest BCUT2D eigenvalue weighted by Gasteiger charge is -2.21. The Morgan fingerprint density at radius 1 is 1.35 bits per heavy atom. The van der Waals surface area contributed by atoms with Gasteiger partial charge in [0.05, 0.1) is 31.5 Å². The van der Waals surface area contributed by atoms with Crippen LogP contribution >= 0.6 is 0 Å². The third-order valence-electron chi connectivity index (χ3n) is 3.36. The summed E-state index contributed by atoms with van der Waals surface area (Å²) in [5, 5.41) is 9.44. The Kier molecular flexibility index (Phi) is 4.58. The predicted octanol–water partition coefficient (Wildman–Crippen LogP) is 1.98. The molecule has 7 heteroatoms. The molecule has 118 valence electrons. The Hall–Kier alpha value is -2.80. The van der Waals surface area contributed by atoms with Crippen molar-refractivity contribution < 1.29 is 14.6 Å². The molecule has 1 aliphatic heterocycles. The topological polar surface area (TPSA) is 87.9 Å². The maximum Gasteiger partial charge on any atom is 0.414 e. The number of carboxylic acid groups (broad SMARTS) is 1. The fraction of sp³-hybridized carbons (Fsp3) is 0.250. The number of benzene rings is 1. The zero-order chi connectivity index (χ0) is 16.1. The molecule has 2 aromatic rings. The van der Waals surface area contributed by atoms with Crippen molar-refractivity contribution in [1.29, 1.82) is 0 Å². The van der Waals surface area contributed by atoms with Crippen LogP contribution in [0.2, 0.25) is 0 Å². The molecule has 0 aliphatic carbocycles. The van der Waals surface area contributed by atoms with Gasteiger partial charge in [-0.1, -0.05) is 30.3 Å². The Labute approximate surface area is 133 Å². The van der Waals surface area contributed by atoms with Crippen molar-refractivity contribution in [2.75, 3.05) is 18.1 Å². The summed E-state index contributed by atoms with van der Waals surface area (Å²) in [6.07, 6.45) is 2.05. The molecule has 0 bridgehead atoms. The van der Waals surface area contributed by atoms with E-state index < -0.39 is 6.09 Å². The molecule has 2 heterocycles. The number of hydrogen-bond acceptors (Lipinski definition) is 5. The van der Waals surface area contributed by atoms with Crippen LogP contribution in [0.5, 0.6) is 0 Å². The van der Waals surface area contributed by atoms with Crippen LogP contribution in [-0.4, -0.2) is 46.6 Å². The number of aromatic nitrogens is 2. The summed E-state index contributed by atoms with van der Waals surface area (Å²) in [6.45, 7) is 1.42. The van der Waals surface area contributed by atoms with E-state index >= 15 is 0 Å². The minimum Gasteiger partial charge on any atom is -0.465 e. The van der Waals surface area contributed by atoms with E-state index in [0.29, 0.717) is 18.9 Å². The van der Waals surface area contributed by atoms with Crippen molar-refractivity contribution in [2.24, 2.45) is 4.99 Å². The highest BCUT2D eigenvalue weighted by Gasteiger charge is 2.18. The second-order valence-electron chi connectivity index (χ2n) is 5.11. The van der Waals surface area contributed by atoms with Crippen molar-refractivity contribution in [1.82, 2.24) is 9.97 Å². The summed E-state index contributed by atoms with van der Waals surface area (Å²) in [4.78, 5) is 25.3. The van der Waals surface area contributed by atoms with E-state index in [1.165, 1.54) is 6.20 Å². The number of carbonyl (C=O) groups is 1. The zero-order valence-electron chi connectivity index (χ0n) is 12.4. The first-order valence-corrected chi connectivity index (χ1v) is 7.21. The third-order valence-corrected chi connectivity index (χ3v) is 3.36. The number of nitrogens with zero attached hydrogens (tertiary/aromatic N) is 4. The number of amides is 1. The first kappa shape index (κ1) is 15.1. The molecule has 1 aromatic heterocycles. The molecule has 0 saturated carbocycles. The van der Waals surface area contributed by atoms with Gasteiger partial charge in [-0.3, -0.25) is 4.99 Å². The molecule has 1 fully saturated rings. The lowest BCUT2D eigenvalue weighted by atomic mass is 10.2. The molecule has 3 rings (SSSR count). The van der Waals surface area contributed by atoms with E-state index in [4.69, 9.17) is 4.74 Å². The van der Waals surface area contributed by atoms with E-state index in [1.54, 1.807) is 12.3 Å². The Balaban J connectivity index is 1.79. The number of rotatable bonds is 5. The van der Waals surface area contributed by atoms with Gasteiger partial charge >= 0.3 is 6.09 Å². The van der Waals surface area contributed by atoms with Crippen molar-refractivity contribution in [3.63, 3.8) is 0 Å². The number of anilines is 1. The summed E-state index contributed by atoms with van der Waals surface area (Å²) in [5.74, 6) is 0.134. The highest BCUT2D eigenvalue weighted by atomic mass is 16.5. The normalized spacial score (nSPS) is 14.6. The molecular formula is C16H16N4O3. The van der Waals surface area contributed by atoms with E-state index in [-0.39, 0.29) is 18.5 Å². The van der Waals surface area contributed by atoms with Crippen LogP contribution in [0, 0.1) is 0 Å². The quantitative estimate of drug-likeness (QED) is 0.853. The molecule has 0 radical (unpaired) electrons. The molecule has 1 saturated heterocycles. The largest absolute Gasteiger partial charge is 0.465 e. The molecule has 0 atom stereocenters. The van der Waals surface area contributed by atoms with Crippen molar-refractivity contribution in [3.05, 3.63) is 53.9 Å².